The molecule has 2 saturated heterocycles. The van der Waals surface area contributed by atoms with E-state index >= 15 is 0 Å². The number of ether oxygens (including phenoxy) is 1. The average molecular weight is 404 g/mol. The standard InChI is InChI=1S/C19H29N3O2.2ClH/c1-15-12-17(21(2)19(23)18-14-24-11-9-20-18)8-10-22(15)13-16-6-4-3-5-7-16;;/h3-7,15,17-18,20H,8-14H2,1-2H3;2*1H. The third-order valence-corrected chi connectivity index (χ3v) is 5.33. The maximum Gasteiger partial charge on any atom is 0.242 e. The van der Waals surface area contributed by atoms with E-state index in [4.69, 9.17) is 4.74 Å². The van der Waals surface area contributed by atoms with Crippen molar-refractivity contribution in [1.82, 2.24) is 15.1 Å². The van der Waals surface area contributed by atoms with Gasteiger partial charge in [-0.1, -0.05) is 30.3 Å². The van der Waals surface area contributed by atoms with Crippen molar-refractivity contribution in [3.8, 4) is 0 Å². The van der Waals surface area contributed by atoms with Crippen LogP contribution in [-0.4, -0.2) is 67.2 Å². The molecular formula is C19H31Cl2N3O2. The second-order valence-electron chi connectivity index (χ2n) is 7.01. The summed E-state index contributed by atoms with van der Waals surface area (Å²) in [5, 5.41) is 3.26. The van der Waals surface area contributed by atoms with E-state index in [9.17, 15) is 4.79 Å². The van der Waals surface area contributed by atoms with Crippen LogP contribution in [0.5, 0.6) is 0 Å². The number of likely N-dealkylation sites (N-methyl/N-ethyl adjacent to an activating group) is 1. The van der Waals surface area contributed by atoms with Crippen LogP contribution >= 0.6 is 24.8 Å². The Labute approximate surface area is 169 Å². The SMILES string of the molecule is CC1CC(N(C)C(=O)C2COCCN2)CCN1Cc1ccccc1.Cl.Cl. The zero-order valence-electron chi connectivity index (χ0n) is 15.6. The van der Waals surface area contributed by atoms with Crippen molar-refractivity contribution >= 4 is 30.7 Å². The average Bonchev–Trinajstić information content (AvgIpc) is 2.64. The molecule has 0 aliphatic carbocycles. The summed E-state index contributed by atoms with van der Waals surface area (Å²) in [6.07, 6.45) is 2.07. The maximum absolute atomic E-state index is 12.6. The fourth-order valence-corrected chi connectivity index (χ4v) is 3.75. The summed E-state index contributed by atoms with van der Waals surface area (Å²) in [6.45, 7) is 6.25. The number of hydrogen-bond acceptors (Lipinski definition) is 4. The van der Waals surface area contributed by atoms with Crippen molar-refractivity contribution in [2.24, 2.45) is 0 Å². The summed E-state index contributed by atoms with van der Waals surface area (Å²) in [7, 11) is 1.95. The van der Waals surface area contributed by atoms with Crippen molar-refractivity contribution in [3.05, 3.63) is 35.9 Å². The Morgan fingerprint density at radius 3 is 2.65 bits per heavy atom. The van der Waals surface area contributed by atoms with E-state index < -0.39 is 0 Å². The molecule has 1 amide bonds. The van der Waals surface area contributed by atoms with Crippen molar-refractivity contribution in [2.45, 2.75) is 44.4 Å². The van der Waals surface area contributed by atoms with Crippen LogP contribution in [-0.2, 0) is 16.1 Å². The summed E-state index contributed by atoms with van der Waals surface area (Å²) in [6, 6.07) is 11.2. The van der Waals surface area contributed by atoms with E-state index in [0.29, 0.717) is 25.3 Å². The van der Waals surface area contributed by atoms with Crippen LogP contribution < -0.4 is 5.32 Å². The Morgan fingerprint density at radius 1 is 1.31 bits per heavy atom. The Bertz CT molecular complexity index is 541. The number of carbonyl (C=O) groups is 1. The zero-order valence-corrected chi connectivity index (χ0v) is 17.2. The number of likely N-dealkylation sites (tertiary alicyclic amines) is 1. The molecule has 148 valence electrons. The number of nitrogens with one attached hydrogen (secondary N) is 1. The van der Waals surface area contributed by atoms with Gasteiger partial charge in [-0.3, -0.25) is 9.69 Å². The van der Waals surface area contributed by atoms with E-state index in [-0.39, 0.29) is 36.8 Å². The molecule has 5 nitrogen and oxygen atoms in total. The number of hydrogen-bond donors (Lipinski definition) is 1. The minimum Gasteiger partial charge on any atom is -0.378 e. The second kappa shape index (κ2) is 11.1. The van der Waals surface area contributed by atoms with Crippen molar-refractivity contribution < 1.29 is 9.53 Å². The summed E-state index contributed by atoms with van der Waals surface area (Å²) < 4.78 is 5.43. The first-order valence-electron chi connectivity index (χ1n) is 9.01. The molecule has 3 unspecified atom stereocenters. The Kier molecular flexibility index (Phi) is 9.90. The first-order valence-corrected chi connectivity index (χ1v) is 9.01. The number of halogens is 2. The van der Waals surface area contributed by atoms with E-state index in [2.05, 4.69) is 47.5 Å². The fraction of sp³-hybridized carbons (Fsp3) is 0.632. The number of benzene rings is 1. The van der Waals surface area contributed by atoms with Gasteiger partial charge in [-0.25, -0.2) is 0 Å². The molecule has 3 atom stereocenters. The van der Waals surface area contributed by atoms with Gasteiger partial charge in [0.2, 0.25) is 5.91 Å². The van der Waals surface area contributed by atoms with Gasteiger partial charge in [-0.2, -0.15) is 0 Å². The third-order valence-electron chi connectivity index (χ3n) is 5.33. The lowest BCUT2D eigenvalue weighted by atomic mass is 9.96. The Balaban J connectivity index is 0.00000169. The molecule has 0 saturated carbocycles. The molecule has 1 aromatic rings. The lowest BCUT2D eigenvalue weighted by Crippen LogP contribution is -2.56. The zero-order chi connectivity index (χ0) is 16.9. The first kappa shape index (κ1) is 23.2. The van der Waals surface area contributed by atoms with Crippen LogP contribution in [0.2, 0.25) is 0 Å². The number of piperidine rings is 1. The van der Waals surface area contributed by atoms with E-state index in [1.165, 1.54) is 5.56 Å². The molecule has 7 heteroatoms. The highest BCUT2D eigenvalue weighted by Crippen LogP contribution is 2.23. The minimum absolute atomic E-state index is 0. The van der Waals surface area contributed by atoms with Gasteiger partial charge < -0.3 is 15.0 Å². The normalized spacial score (nSPS) is 26.3. The summed E-state index contributed by atoms with van der Waals surface area (Å²) in [5.74, 6) is 0.170. The monoisotopic (exact) mass is 403 g/mol. The third kappa shape index (κ3) is 5.83. The molecule has 0 aromatic heterocycles. The van der Waals surface area contributed by atoms with Crippen LogP contribution in [0, 0.1) is 0 Å². The molecule has 0 spiro atoms. The number of carbonyl (C=O) groups excluding carboxylic acids is 1. The molecule has 26 heavy (non-hydrogen) atoms. The van der Waals surface area contributed by atoms with Crippen molar-refractivity contribution in [1.29, 1.82) is 0 Å². The Hall–Kier alpha value is -0.850. The van der Waals surface area contributed by atoms with Gasteiger partial charge >= 0.3 is 0 Å². The maximum atomic E-state index is 12.6. The van der Waals surface area contributed by atoms with Gasteiger partial charge in [-0.15, -0.1) is 24.8 Å². The highest BCUT2D eigenvalue weighted by atomic mass is 35.5. The number of nitrogens with zero attached hydrogens (tertiary/aromatic N) is 2. The predicted octanol–water partition coefficient (Wildman–Crippen LogP) is 2.33. The molecule has 2 fully saturated rings. The number of rotatable bonds is 4. The lowest BCUT2D eigenvalue weighted by molar-refractivity contribution is -0.138. The number of morpholine rings is 1. The summed E-state index contributed by atoms with van der Waals surface area (Å²) in [5.41, 5.74) is 1.36. The highest BCUT2D eigenvalue weighted by molar-refractivity contribution is 5.85. The quantitative estimate of drug-likeness (QED) is 0.837. The largest absolute Gasteiger partial charge is 0.378 e. The van der Waals surface area contributed by atoms with E-state index in [1.807, 2.05) is 11.9 Å². The van der Waals surface area contributed by atoms with E-state index in [1.54, 1.807) is 0 Å². The van der Waals surface area contributed by atoms with E-state index in [0.717, 1.165) is 32.5 Å². The molecule has 0 radical (unpaired) electrons. The smallest absolute Gasteiger partial charge is 0.242 e. The molecule has 2 heterocycles. The molecule has 2 aliphatic heterocycles. The topological polar surface area (TPSA) is 44.8 Å². The van der Waals surface area contributed by atoms with Gasteiger partial charge in [0.05, 0.1) is 13.2 Å². The molecule has 1 aromatic carbocycles. The van der Waals surface area contributed by atoms with Gasteiger partial charge in [-0.05, 0) is 25.3 Å². The first-order chi connectivity index (χ1) is 11.6. The van der Waals surface area contributed by atoms with Crippen LogP contribution in [0.4, 0.5) is 0 Å². The van der Waals surface area contributed by atoms with Gasteiger partial charge in [0, 0.05) is 38.8 Å². The van der Waals surface area contributed by atoms with Crippen molar-refractivity contribution in [2.75, 3.05) is 33.4 Å². The van der Waals surface area contributed by atoms with Crippen LogP contribution in [0.3, 0.4) is 0 Å². The van der Waals surface area contributed by atoms with Crippen LogP contribution in [0.25, 0.3) is 0 Å². The fourth-order valence-electron chi connectivity index (χ4n) is 3.75. The molecule has 1 N–H and O–H groups in total. The summed E-state index contributed by atoms with van der Waals surface area (Å²) >= 11 is 0. The van der Waals surface area contributed by atoms with Gasteiger partial charge in [0.1, 0.15) is 6.04 Å². The molecular weight excluding hydrogens is 373 g/mol. The summed E-state index contributed by atoms with van der Waals surface area (Å²) in [4.78, 5) is 17.1. The molecule has 3 rings (SSSR count). The predicted molar refractivity (Wildman–Crippen MR) is 109 cm³/mol. The minimum atomic E-state index is -0.179. The van der Waals surface area contributed by atoms with Crippen LogP contribution in [0.1, 0.15) is 25.3 Å². The van der Waals surface area contributed by atoms with Crippen LogP contribution in [0.15, 0.2) is 30.3 Å². The number of amides is 1. The lowest BCUT2D eigenvalue weighted by Gasteiger charge is -2.42. The van der Waals surface area contributed by atoms with Gasteiger partial charge in [0.15, 0.2) is 0 Å². The van der Waals surface area contributed by atoms with Crippen molar-refractivity contribution in [3.63, 3.8) is 0 Å². The Morgan fingerprint density at radius 2 is 2.04 bits per heavy atom. The highest BCUT2D eigenvalue weighted by Gasteiger charge is 2.33. The molecule has 2 aliphatic rings. The van der Waals surface area contributed by atoms with Gasteiger partial charge in [0.25, 0.3) is 0 Å². The molecule has 0 bridgehead atoms. The second-order valence-corrected chi connectivity index (χ2v) is 7.01.